The summed E-state index contributed by atoms with van der Waals surface area (Å²) in [7, 11) is -8.07. The quantitative estimate of drug-likeness (QED) is 0.221. The minimum absolute atomic E-state index is 0.616. The third-order valence-electron chi connectivity index (χ3n) is 2.30. The van der Waals surface area contributed by atoms with E-state index in [0.29, 0.717) is 0 Å². The molecule has 1 unspecified atom stereocenters. The van der Waals surface area contributed by atoms with Crippen molar-refractivity contribution in [2.45, 2.75) is 19.0 Å². The van der Waals surface area contributed by atoms with E-state index in [1.807, 2.05) is 0 Å². The molecule has 21 heavy (non-hydrogen) atoms. The van der Waals surface area contributed by atoms with Crippen LogP contribution in [0.4, 0.5) is 0 Å². The van der Waals surface area contributed by atoms with Gasteiger partial charge in [-0.05, 0) is 6.42 Å². The average molecular weight is 351 g/mol. The van der Waals surface area contributed by atoms with E-state index in [4.69, 9.17) is 39.5 Å². The largest absolute Gasteiger partial charge is 0.692 e. The average Bonchev–Trinajstić information content (AvgIpc) is 2.20. The first kappa shape index (κ1) is 21.9. The molecule has 0 bridgehead atoms. The predicted molar refractivity (Wildman–Crippen MR) is 63.5 cm³/mol. The van der Waals surface area contributed by atoms with Crippen molar-refractivity contribution in [2.75, 3.05) is 0 Å². The Morgan fingerprint density at radius 2 is 1.29 bits per heavy atom. The molecule has 14 heteroatoms. The Balaban J connectivity index is 0. The van der Waals surface area contributed by atoms with Crippen molar-refractivity contribution in [3.8, 4) is 0 Å². The van der Waals surface area contributed by atoms with E-state index >= 15 is 0 Å². The molecule has 0 aromatic rings. The van der Waals surface area contributed by atoms with Gasteiger partial charge in [0.15, 0.2) is 0 Å². The summed E-state index contributed by atoms with van der Waals surface area (Å²) in [6, 6.07) is 0. The first-order chi connectivity index (χ1) is 9.25. The summed E-state index contributed by atoms with van der Waals surface area (Å²) in [5.41, 5.74) is -5.91. The van der Waals surface area contributed by atoms with E-state index in [1.54, 1.807) is 0 Å². The zero-order valence-corrected chi connectivity index (χ0v) is 12.1. The molecule has 0 amide bonds. The summed E-state index contributed by atoms with van der Waals surface area (Å²) in [4.78, 5) is 64.5. The fourth-order valence-electron chi connectivity index (χ4n) is 1.50. The van der Waals surface area contributed by atoms with Gasteiger partial charge < -0.3 is 25.1 Å². The lowest BCUT2D eigenvalue weighted by atomic mass is 9.83. The molecule has 12 nitrogen and oxygen atoms in total. The summed E-state index contributed by atoms with van der Waals surface area (Å²) in [5, 5.41) is 26.2. The Hall–Kier alpha value is -1.42. The number of hydrogen-bond acceptors (Lipinski definition) is 5. The molecule has 0 saturated carbocycles. The van der Waals surface area contributed by atoms with Crippen LogP contribution in [0.3, 0.4) is 0 Å². The third kappa shape index (κ3) is 5.46. The van der Waals surface area contributed by atoms with Crippen LogP contribution in [0, 0.1) is 5.41 Å². The van der Waals surface area contributed by atoms with Crippen molar-refractivity contribution in [1.82, 2.24) is 0 Å². The van der Waals surface area contributed by atoms with E-state index in [2.05, 4.69) is 0 Å². The SMILES string of the molecule is CCC(C(C(=O)O)(C(=O)O)C(=O)O)P(=O)(O)O.O=[P+](O)O. The van der Waals surface area contributed by atoms with Crippen LogP contribution in [0.2, 0.25) is 0 Å². The fraction of sp³-hybridized carbons (Fsp3) is 0.571. The Labute approximate surface area is 117 Å². The number of carbonyl (C=O) groups is 3. The van der Waals surface area contributed by atoms with Gasteiger partial charge in [0.1, 0.15) is 0 Å². The van der Waals surface area contributed by atoms with E-state index in [0.717, 1.165) is 6.92 Å². The van der Waals surface area contributed by atoms with Crippen molar-refractivity contribution in [1.29, 1.82) is 0 Å². The summed E-state index contributed by atoms with van der Waals surface area (Å²) < 4.78 is 19.7. The Morgan fingerprint density at radius 3 is 1.33 bits per heavy atom. The number of carboxylic acids is 3. The summed E-state index contributed by atoms with van der Waals surface area (Å²) in [6.45, 7) is 1.09. The van der Waals surface area contributed by atoms with Gasteiger partial charge in [0.05, 0.1) is 5.66 Å². The molecule has 1 atom stereocenters. The lowest BCUT2D eigenvalue weighted by Crippen LogP contribution is -2.54. The lowest BCUT2D eigenvalue weighted by molar-refractivity contribution is -0.176. The zero-order valence-electron chi connectivity index (χ0n) is 10.4. The van der Waals surface area contributed by atoms with Gasteiger partial charge in [-0.3, -0.25) is 18.9 Å². The van der Waals surface area contributed by atoms with Gasteiger partial charge in [0, 0.05) is 4.57 Å². The number of carboxylic acid groups (broad SMARTS) is 3. The molecular formula is C7H13O12P2+. The summed E-state index contributed by atoms with van der Waals surface area (Å²) in [5.74, 6) is -6.98. The molecule has 0 radical (unpaired) electrons. The molecule has 7 N–H and O–H groups in total. The minimum atomic E-state index is -5.20. The molecule has 0 aromatic heterocycles. The number of aliphatic carboxylic acids is 3. The zero-order chi connectivity index (χ0) is 17.6. The van der Waals surface area contributed by atoms with E-state index in [-0.39, 0.29) is 0 Å². The van der Waals surface area contributed by atoms with Gasteiger partial charge in [-0.2, -0.15) is 0 Å². The van der Waals surface area contributed by atoms with Gasteiger partial charge in [0.25, 0.3) is 5.41 Å². The van der Waals surface area contributed by atoms with Crippen LogP contribution in [-0.2, 0) is 23.5 Å². The smallest absolute Gasteiger partial charge is 0.480 e. The Kier molecular flexibility index (Phi) is 8.46. The molecule has 0 aliphatic carbocycles. The second-order valence-electron chi connectivity index (χ2n) is 3.49. The minimum Gasteiger partial charge on any atom is -0.480 e. The fourth-order valence-corrected chi connectivity index (χ4v) is 2.81. The molecule has 0 rings (SSSR count). The first-order valence-corrected chi connectivity index (χ1v) is 7.71. The maximum Gasteiger partial charge on any atom is 0.692 e. The van der Waals surface area contributed by atoms with Crippen molar-refractivity contribution < 1.29 is 58.4 Å². The van der Waals surface area contributed by atoms with Crippen molar-refractivity contribution in [3.63, 3.8) is 0 Å². The van der Waals surface area contributed by atoms with Gasteiger partial charge >= 0.3 is 33.8 Å². The Bertz CT molecular complexity index is 438. The van der Waals surface area contributed by atoms with Gasteiger partial charge in [-0.1, -0.05) is 6.92 Å². The van der Waals surface area contributed by atoms with Gasteiger partial charge in [-0.15, -0.1) is 9.79 Å². The highest BCUT2D eigenvalue weighted by Crippen LogP contribution is 2.52. The first-order valence-electron chi connectivity index (χ1n) is 4.86. The van der Waals surface area contributed by atoms with Crippen molar-refractivity contribution in [2.24, 2.45) is 5.41 Å². The highest BCUT2D eigenvalue weighted by molar-refractivity contribution is 7.52. The van der Waals surface area contributed by atoms with Crippen LogP contribution < -0.4 is 0 Å². The van der Waals surface area contributed by atoms with Gasteiger partial charge in [-0.25, -0.2) is 0 Å². The second kappa shape index (κ2) is 8.13. The Morgan fingerprint density at radius 1 is 1.05 bits per heavy atom. The van der Waals surface area contributed by atoms with Crippen LogP contribution >= 0.6 is 15.9 Å². The summed E-state index contributed by atoms with van der Waals surface area (Å²) in [6.07, 6.45) is -0.616. The van der Waals surface area contributed by atoms with Crippen LogP contribution in [0.15, 0.2) is 0 Å². The molecule has 0 aromatic carbocycles. The van der Waals surface area contributed by atoms with Gasteiger partial charge in [0.2, 0.25) is 0 Å². The monoisotopic (exact) mass is 351 g/mol. The van der Waals surface area contributed by atoms with Crippen LogP contribution in [0.1, 0.15) is 13.3 Å². The normalized spacial score (nSPS) is 12.6. The summed E-state index contributed by atoms with van der Waals surface area (Å²) >= 11 is 0. The molecule has 0 heterocycles. The van der Waals surface area contributed by atoms with Crippen LogP contribution in [0.25, 0.3) is 0 Å². The molecular weight excluding hydrogens is 338 g/mol. The predicted octanol–water partition coefficient (Wildman–Crippen LogP) is -1.19. The maximum atomic E-state index is 11.0. The number of hydrogen-bond donors (Lipinski definition) is 7. The van der Waals surface area contributed by atoms with E-state index < -0.39 is 51.3 Å². The molecule has 0 aliphatic heterocycles. The van der Waals surface area contributed by atoms with Crippen molar-refractivity contribution >= 4 is 33.8 Å². The molecule has 122 valence electrons. The highest BCUT2D eigenvalue weighted by atomic mass is 31.2. The standard InChI is InChI=1S/C7H11O9P.HO3P/c1-2-3(17(14,15)16)7(4(8)9,5(10)11)6(12)13;1-4(2)3/h3H,2H2,1H3,(H,8,9)(H,10,11)(H,12,13)(H2,14,15,16);(H-,1,2,3)/p+1. The highest BCUT2D eigenvalue weighted by Gasteiger charge is 2.64. The molecule has 0 saturated heterocycles. The molecule has 0 fully saturated rings. The second-order valence-corrected chi connectivity index (χ2v) is 5.80. The molecule has 0 aliphatic rings. The third-order valence-corrected chi connectivity index (χ3v) is 3.87. The van der Waals surface area contributed by atoms with E-state index in [9.17, 15) is 18.9 Å². The molecule has 0 spiro atoms. The number of rotatable bonds is 6. The van der Waals surface area contributed by atoms with Crippen molar-refractivity contribution in [3.05, 3.63) is 0 Å². The maximum absolute atomic E-state index is 11.0. The topological polar surface area (TPSA) is 227 Å². The van der Waals surface area contributed by atoms with Crippen LogP contribution in [0.5, 0.6) is 0 Å². The van der Waals surface area contributed by atoms with Crippen LogP contribution in [-0.4, -0.2) is 58.5 Å². The van der Waals surface area contributed by atoms with E-state index in [1.165, 1.54) is 0 Å². The lowest BCUT2D eigenvalue weighted by Gasteiger charge is -2.29.